The number of anilines is 1. The monoisotopic (exact) mass is 382 g/mol. The largest absolute Gasteiger partial charge is 0.497 e. The average Bonchev–Trinajstić information content (AvgIpc) is 2.77. The van der Waals surface area contributed by atoms with E-state index in [-0.39, 0.29) is 18.5 Å². The molecule has 0 spiro atoms. The first-order valence-corrected chi connectivity index (χ1v) is 9.38. The van der Waals surface area contributed by atoms with Gasteiger partial charge in [0, 0.05) is 38.4 Å². The Morgan fingerprint density at radius 2 is 1.61 bits per heavy atom. The van der Waals surface area contributed by atoms with Gasteiger partial charge in [0.25, 0.3) is 0 Å². The fourth-order valence-electron chi connectivity index (χ4n) is 3.12. The van der Waals surface area contributed by atoms with Gasteiger partial charge in [0.1, 0.15) is 5.75 Å². The number of urea groups is 1. The predicted molar refractivity (Wildman–Crippen MR) is 108 cm³/mol. The lowest BCUT2D eigenvalue weighted by molar-refractivity contribution is -0.130. The number of nitrogens with zero attached hydrogens (tertiary/aromatic N) is 2. The zero-order valence-corrected chi connectivity index (χ0v) is 16.1. The number of carbonyl (C=O) groups is 2. The van der Waals surface area contributed by atoms with Crippen LogP contribution in [0.2, 0.25) is 0 Å². The molecule has 7 nitrogen and oxygen atoms in total. The molecule has 3 amide bonds. The minimum Gasteiger partial charge on any atom is -0.497 e. The summed E-state index contributed by atoms with van der Waals surface area (Å²) in [6, 6.07) is 17.2. The van der Waals surface area contributed by atoms with Gasteiger partial charge in [0.15, 0.2) is 0 Å². The molecule has 7 heteroatoms. The molecule has 1 heterocycles. The van der Waals surface area contributed by atoms with Gasteiger partial charge in [-0.25, -0.2) is 4.79 Å². The van der Waals surface area contributed by atoms with Crippen LogP contribution in [0.1, 0.15) is 5.56 Å². The van der Waals surface area contributed by atoms with Crippen molar-refractivity contribution in [2.45, 2.75) is 6.54 Å². The number of piperazine rings is 1. The fraction of sp³-hybridized carbons (Fsp3) is 0.333. The predicted octanol–water partition coefficient (Wildman–Crippen LogP) is 1.84. The van der Waals surface area contributed by atoms with Crippen LogP contribution in [0.15, 0.2) is 54.6 Å². The molecule has 2 N–H and O–H groups in total. The standard InChI is InChI=1S/C21H26N4O3/c1-28-19-9-7-18(8-10-19)24-11-13-25(14-12-24)20(26)16-23-21(27)22-15-17-5-3-2-4-6-17/h2-10H,11-16H2,1H3,(H2,22,23,27). The summed E-state index contributed by atoms with van der Waals surface area (Å²) in [4.78, 5) is 28.3. The van der Waals surface area contributed by atoms with E-state index in [1.165, 1.54) is 0 Å². The van der Waals surface area contributed by atoms with E-state index in [2.05, 4.69) is 15.5 Å². The number of methoxy groups -OCH3 is 1. The van der Waals surface area contributed by atoms with E-state index in [9.17, 15) is 9.59 Å². The van der Waals surface area contributed by atoms with Crippen LogP contribution in [0.5, 0.6) is 5.75 Å². The highest BCUT2D eigenvalue weighted by molar-refractivity contribution is 5.84. The van der Waals surface area contributed by atoms with E-state index >= 15 is 0 Å². The topological polar surface area (TPSA) is 73.9 Å². The lowest BCUT2D eigenvalue weighted by Crippen LogP contribution is -2.52. The first-order valence-electron chi connectivity index (χ1n) is 9.38. The van der Waals surface area contributed by atoms with Crippen molar-refractivity contribution in [3.8, 4) is 5.75 Å². The molecule has 0 bridgehead atoms. The third-order valence-electron chi connectivity index (χ3n) is 4.77. The van der Waals surface area contributed by atoms with Crippen molar-refractivity contribution < 1.29 is 14.3 Å². The van der Waals surface area contributed by atoms with Crippen molar-refractivity contribution in [3.05, 3.63) is 60.2 Å². The minimum absolute atomic E-state index is 0.00313. The van der Waals surface area contributed by atoms with E-state index in [0.717, 1.165) is 30.1 Å². The molecule has 0 saturated carbocycles. The summed E-state index contributed by atoms with van der Waals surface area (Å²) in [7, 11) is 1.65. The van der Waals surface area contributed by atoms with E-state index in [4.69, 9.17) is 4.74 Å². The molecule has 3 rings (SSSR count). The second-order valence-corrected chi connectivity index (χ2v) is 6.59. The third-order valence-corrected chi connectivity index (χ3v) is 4.77. The van der Waals surface area contributed by atoms with Gasteiger partial charge in [0.2, 0.25) is 5.91 Å². The quantitative estimate of drug-likeness (QED) is 0.800. The van der Waals surface area contributed by atoms with Crippen LogP contribution < -0.4 is 20.3 Å². The van der Waals surface area contributed by atoms with Gasteiger partial charge in [-0.15, -0.1) is 0 Å². The maximum absolute atomic E-state index is 12.4. The molecule has 1 fully saturated rings. The van der Waals surface area contributed by atoms with E-state index in [0.29, 0.717) is 19.6 Å². The summed E-state index contributed by atoms with van der Waals surface area (Å²) in [5.74, 6) is 0.762. The molecule has 0 atom stereocenters. The second kappa shape index (κ2) is 9.64. The number of hydrogen-bond donors (Lipinski definition) is 2. The van der Waals surface area contributed by atoms with Gasteiger partial charge in [0.05, 0.1) is 13.7 Å². The fourth-order valence-corrected chi connectivity index (χ4v) is 3.12. The Bertz CT molecular complexity index is 772. The molecule has 1 saturated heterocycles. The first kappa shape index (κ1) is 19.5. The molecule has 0 unspecified atom stereocenters. The summed E-state index contributed by atoms with van der Waals surface area (Å²) in [6.45, 7) is 3.23. The molecule has 2 aromatic rings. The molecule has 148 valence electrons. The van der Waals surface area contributed by atoms with Crippen molar-refractivity contribution in [2.24, 2.45) is 0 Å². The summed E-state index contributed by atoms with van der Waals surface area (Å²) >= 11 is 0. The van der Waals surface area contributed by atoms with Crippen LogP contribution in [0.25, 0.3) is 0 Å². The number of ether oxygens (including phenoxy) is 1. The first-order chi connectivity index (χ1) is 13.7. The number of nitrogens with one attached hydrogen (secondary N) is 2. The Balaban J connectivity index is 1.38. The van der Waals surface area contributed by atoms with Gasteiger partial charge < -0.3 is 25.2 Å². The Morgan fingerprint density at radius 1 is 0.929 bits per heavy atom. The zero-order valence-electron chi connectivity index (χ0n) is 16.1. The van der Waals surface area contributed by atoms with Crippen LogP contribution >= 0.6 is 0 Å². The van der Waals surface area contributed by atoms with Crippen LogP contribution in [0.3, 0.4) is 0 Å². The van der Waals surface area contributed by atoms with E-state index in [1.807, 2.05) is 54.6 Å². The highest BCUT2D eigenvalue weighted by atomic mass is 16.5. The highest BCUT2D eigenvalue weighted by Gasteiger charge is 2.21. The zero-order chi connectivity index (χ0) is 19.8. The lowest BCUT2D eigenvalue weighted by atomic mass is 10.2. The van der Waals surface area contributed by atoms with Crippen LogP contribution in [0, 0.1) is 0 Å². The number of benzene rings is 2. The molecule has 28 heavy (non-hydrogen) atoms. The summed E-state index contributed by atoms with van der Waals surface area (Å²) in [5, 5.41) is 5.39. The molecule has 0 radical (unpaired) electrons. The van der Waals surface area contributed by atoms with Crippen molar-refractivity contribution in [1.29, 1.82) is 0 Å². The summed E-state index contributed by atoms with van der Waals surface area (Å²) in [5.41, 5.74) is 2.13. The number of amides is 3. The normalized spacial score (nSPS) is 13.8. The van der Waals surface area contributed by atoms with Crippen molar-refractivity contribution in [2.75, 3.05) is 44.7 Å². The SMILES string of the molecule is COc1ccc(N2CCN(C(=O)CNC(=O)NCc3ccccc3)CC2)cc1. The third kappa shape index (κ3) is 5.39. The van der Waals surface area contributed by atoms with E-state index < -0.39 is 0 Å². The van der Waals surface area contributed by atoms with Gasteiger partial charge in [-0.2, -0.15) is 0 Å². The molecule has 0 aromatic heterocycles. The van der Waals surface area contributed by atoms with Crippen molar-refractivity contribution >= 4 is 17.6 Å². The molecule has 1 aliphatic rings. The number of rotatable bonds is 6. The molecular weight excluding hydrogens is 356 g/mol. The van der Waals surface area contributed by atoms with Crippen LogP contribution in [-0.4, -0.2) is 56.7 Å². The van der Waals surface area contributed by atoms with E-state index in [1.54, 1.807) is 12.0 Å². The number of hydrogen-bond acceptors (Lipinski definition) is 4. The van der Waals surface area contributed by atoms with Crippen LogP contribution in [0.4, 0.5) is 10.5 Å². The summed E-state index contributed by atoms with van der Waals surface area (Å²) in [6.07, 6.45) is 0. The molecule has 1 aliphatic heterocycles. The van der Waals surface area contributed by atoms with Gasteiger partial charge in [-0.05, 0) is 29.8 Å². The second-order valence-electron chi connectivity index (χ2n) is 6.59. The maximum Gasteiger partial charge on any atom is 0.315 e. The van der Waals surface area contributed by atoms with Crippen molar-refractivity contribution in [1.82, 2.24) is 15.5 Å². The smallest absolute Gasteiger partial charge is 0.315 e. The van der Waals surface area contributed by atoms with Crippen LogP contribution in [-0.2, 0) is 11.3 Å². The van der Waals surface area contributed by atoms with Crippen molar-refractivity contribution in [3.63, 3.8) is 0 Å². The minimum atomic E-state index is -0.339. The Morgan fingerprint density at radius 3 is 2.25 bits per heavy atom. The highest BCUT2D eigenvalue weighted by Crippen LogP contribution is 2.20. The molecule has 2 aromatic carbocycles. The van der Waals surface area contributed by atoms with Gasteiger partial charge in [-0.3, -0.25) is 4.79 Å². The number of carbonyl (C=O) groups excluding carboxylic acids is 2. The Kier molecular flexibility index (Phi) is 6.73. The Labute approximate surface area is 165 Å². The lowest BCUT2D eigenvalue weighted by Gasteiger charge is -2.36. The average molecular weight is 382 g/mol. The molecular formula is C21H26N4O3. The van der Waals surface area contributed by atoms with Gasteiger partial charge in [-0.1, -0.05) is 30.3 Å². The summed E-state index contributed by atoms with van der Waals surface area (Å²) < 4.78 is 5.18. The Hall–Kier alpha value is -3.22. The maximum atomic E-state index is 12.4. The van der Waals surface area contributed by atoms with Gasteiger partial charge >= 0.3 is 6.03 Å². The molecule has 0 aliphatic carbocycles.